The molecular weight excluding hydrogens is 440 g/mol. The van der Waals surface area contributed by atoms with Crippen LogP contribution in [-0.4, -0.2) is 19.5 Å². The quantitative estimate of drug-likeness (QED) is 0.0528. The molecule has 0 aromatic carbocycles. The molecule has 214 valence electrons. The van der Waals surface area contributed by atoms with Gasteiger partial charge in [-0.2, -0.15) is 0 Å². The summed E-state index contributed by atoms with van der Waals surface area (Å²) in [5.41, 5.74) is 0. The van der Waals surface area contributed by atoms with E-state index >= 15 is 0 Å². The second-order valence-corrected chi connectivity index (χ2v) is 10.8. The van der Waals surface area contributed by atoms with Gasteiger partial charge in [-0.05, 0) is 38.5 Å². The second kappa shape index (κ2) is 32.4. The minimum absolute atomic E-state index is 0.0238. The fraction of sp³-hybridized carbons (Fsp3) is 0.882. The number of unbranched alkanes of at least 4 members (excludes halogenated alkanes) is 21. The summed E-state index contributed by atoms with van der Waals surface area (Å²) in [7, 11) is 0. The summed E-state index contributed by atoms with van der Waals surface area (Å²) < 4.78 is 12.4. The highest BCUT2D eigenvalue weighted by Crippen LogP contribution is 2.15. The van der Waals surface area contributed by atoms with Crippen LogP contribution < -0.4 is 0 Å². The Morgan fingerprint density at radius 2 is 0.889 bits per heavy atom. The molecule has 0 fully saturated rings. The molecule has 2 heteroatoms. The predicted molar refractivity (Wildman–Crippen MR) is 162 cm³/mol. The fourth-order valence-electron chi connectivity index (χ4n) is 4.77. The third kappa shape index (κ3) is 29.6. The fourth-order valence-corrected chi connectivity index (χ4v) is 4.77. The molecule has 0 spiro atoms. The van der Waals surface area contributed by atoms with Crippen LogP contribution in [0.2, 0.25) is 0 Å². The Hall–Kier alpha value is -0.600. The molecular formula is C34H66O2. The molecule has 0 amide bonds. The Kier molecular flexibility index (Phi) is 31.9. The van der Waals surface area contributed by atoms with Gasteiger partial charge in [0, 0.05) is 13.2 Å². The van der Waals surface area contributed by atoms with E-state index in [1.165, 1.54) is 154 Å². The summed E-state index contributed by atoms with van der Waals surface area (Å²) in [5, 5.41) is 0. The van der Waals surface area contributed by atoms with Crippen molar-refractivity contribution in [1.82, 2.24) is 0 Å². The molecule has 0 aromatic heterocycles. The zero-order valence-electron chi connectivity index (χ0n) is 24.9. The summed E-state index contributed by atoms with van der Waals surface area (Å²) in [6.07, 6.45) is 39.4. The molecule has 0 radical (unpaired) electrons. The van der Waals surface area contributed by atoms with Gasteiger partial charge in [-0.25, -0.2) is 0 Å². The van der Waals surface area contributed by atoms with Crippen LogP contribution in [0.15, 0.2) is 24.8 Å². The lowest BCUT2D eigenvalue weighted by molar-refractivity contribution is -0.148. The summed E-state index contributed by atoms with van der Waals surface area (Å²) in [6.45, 7) is 10.0. The zero-order valence-corrected chi connectivity index (χ0v) is 24.9. The number of allylic oxidation sites excluding steroid dienone is 3. The lowest BCUT2D eigenvalue weighted by Gasteiger charge is -2.19. The largest absolute Gasteiger partial charge is 0.353 e. The average Bonchev–Trinajstić information content (AvgIpc) is 2.89. The van der Waals surface area contributed by atoms with Gasteiger partial charge in [-0.1, -0.05) is 161 Å². The smallest absolute Gasteiger partial charge is 0.157 e. The zero-order chi connectivity index (χ0) is 26.2. The summed E-state index contributed by atoms with van der Waals surface area (Å²) in [4.78, 5) is 0. The normalized spacial score (nSPS) is 11.8. The molecule has 0 aliphatic carbocycles. The molecule has 0 aliphatic heterocycles. The SMILES string of the molecule is C=C/C=C\CCCCCCCCCC(OCCCCCCCCCC)OCCCCCCCCCC. The van der Waals surface area contributed by atoms with Crippen molar-refractivity contribution in [1.29, 1.82) is 0 Å². The van der Waals surface area contributed by atoms with Gasteiger partial charge in [0.1, 0.15) is 0 Å². The lowest BCUT2D eigenvalue weighted by Crippen LogP contribution is -2.19. The molecule has 0 bridgehead atoms. The topological polar surface area (TPSA) is 18.5 Å². The molecule has 0 unspecified atom stereocenters. The maximum atomic E-state index is 6.22. The highest BCUT2D eigenvalue weighted by Gasteiger charge is 2.09. The van der Waals surface area contributed by atoms with E-state index in [9.17, 15) is 0 Å². The highest BCUT2D eigenvalue weighted by atomic mass is 16.7. The first-order chi connectivity index (χ1) is 17.8. The van der Waals surface area contributed by atoms with Crippen LogP contribution in [0.1, 0.15) is 174 Å². The number of hydrogen-bond acceptors (Lipinski definition) is 2. The molecule has 2 nitrogen and oxygen atoms in total. The van der Waals surface area contributed by atoms with E-state index in [0.717, 1.165) is 19.6 Å². The Bertz CT molecular complexity index is 409. The molecule has 0 saturated carbocycles. The minimum Gasteiger partial charge on any atom is -0.353 e. The summed E-state index contributed by atoms with van der Waals surface area (Å²) in [6, 6.07) is 0. The van der Waals surface area contributed by atoms with Crippen LogP contribution in [0.5, 0.6) is 0 Å². The van der Waals surface area contributed by atoms with Gasteiger partial charge >= 0.3 is 0 Å². The Balaban J connectivity index is 3.88. The van der Waals surface area contributed by atoms with E-state index in [-0.39, 0.29) is 6.29 Å². The third-order valence-corrected chi connectivity index (χ3v) is 7.19. The summed E-state index contributed by atoms with van der Waals surface area (Å²) >= 11 is 0. The van der Waals surface area contributed by atoms with Gasteiger partial charge in [0.05, 0.1) is 0 Å². The number of hydrogen-bond donors (Lipinski definition) is 0. The molecule has 0 aromatic rings. The maximum Gasteiger partial charge on any atom is 0.157 e. The molecule has 0 N–H and O–H groups in total. The Labute approximate surface area is 228 Å². The van der Waals surface area contributed by atoms with E-state index in [1.807, 2.05) is 6.08 Å². The summed E-state index contributed by atoms with van der Waals surface area (Å²) in [5.74, 6) is 0. The van der Waals surface area contributed by atoms with Crippen LogP contribution in [0, 0.1) is 0 Å². The van der Waals surface area contributed by atoms with Gasteiger partial charge in [0.2, 0.25) is 0 Å². The van der Waals surface area contributed by atoms with Crippen molar-refractivity contribution < 1.29 is 9.47 Å². The van der Waals surface area contributed by atoms with Crippen LogP contribution in [-0.2, 0) is 9.47 Å². The standard InChI is InChI=1S/C34H66O2/c1-4-7-10-13-16-19-20-21-22-25-28-31-34(35-32-29-26-23-17-14-11-8-5-2)36-33-30-27-24-18-15-12-9-6-3/h4,7,10,34H,1,5-6,8-9,11-33H2,2-3H3/b10-7-. The van der Waals surface area contributed by atoms with Gasteiger partial charge in [-0.15, -0.1) is 0 Å². The van der Waals surface area contributed by atoms with Crippen LogP contribution in [0.4, 0.5) is 0 Å². The van der Waals surface area contributed by atoms with E-state index in [1.54, 1.807) is 0 Å². The van der Waals surface area contributed by atoms with E-state index in [4.69, 9.17) is 9.47 Å². The van der Waals surface area contributed by atoms with Crippen molar-refractivity contribution in [3.8, 4) is 0 Å². The first kappa shape index (κ1) is 35.4. The molecule has 0 saturated heterocycles. The van der Waals surface area contributed by atoms with Crippen molar-refractivity contribution in [2.75, 3.05) is 13.2 Å². The van der Waals surface area contributed by atoms with Crippen molar-refractivity contribution in [2.24, 2.45) is 0 Å². The molecule has 0 rings (SSSR count). The maximum absolute atomic E-state index is 6.22. The first-order valence-corrected chi connectivity index (χ1v) is 16.4. The Morgan fingerprint density at radius 3 is 1.33 bits per heavy atom. The van der Waals surface area contributed by atoms with Crippen LogP contribution in [0.25, 0.3) is 0 Å². The number of ether oxygens (including phenoxy) is 2. The van der Waals surface area contributed by atoms with Crippen molar-refractivity contribution >= 4 is 0 Å². The van der Waals surface area contributed by atoms with Gasteiger partial charge in [-0.3, -0.25) is 0 Å². The van der Waals surface area contributed by atoms with Crippen molar-refractivity contribution in [3.05, 3.63) is 24.8 Å². The van der Waals surface area contributed by atoms with E-state index in [0.29, 0.717) is 0 Å². The van der Waals surface area contributed by atoms with Crippen LogP contribution in [0.3, 0.4) is 0 Å². The molecule has 0 atom stereocenters. The van der Waals surface area contributed by atoms with Gasteiger partial charge in [0.25, 0.3) is 0 Å². The van der Waals surface area contributed by atoms with E-state index < -0.39 is 0 Å². The first-order valence-electron chi connectivity index (χ1n) is 16.4. The Morgan fingerprint density at radius 1 is 0.500 bits per heavy atom. The minimum atomic E-state index is 0.0238. The average molecular weight is 507 g/mol. The van der Waals surface area contributed by atoms with Crippen molar-refractivity contribution in [3.63, 3.8) is 0 Å². The lowest BCUT2D eigenvalue weighted by atomic mass is 10.1. The van der Waals surface area contributed by atoms with E-state index in [2.05, 4.69) is 32.6 Å². The molecule has 36 heavy (non-hydrogen) atoms. The van der Waals surface area contributed by atoms with Gasteiger partial charge in [0.15, 0.2) is 6.29 Å². The third-order valence-electron chi connectivity index (χ3n) is 7.19. The molecule has 0 heterocycles. The highest BCUT2D eigenvalue weighted by molar-refractivity contribution is 4.96. The predicted octanol–water partition coefficient (Wildman–Crippen LogP) is 11.9. The monoisotopic (exact) mass is 507 g/mol. The van der Waals surface area contributed by atoms with Crippen molar-refractivity contribution in [2.45, 2.75) is 181 Å². The van der Waals surface area contributed by atoms with Gasteiger partial charge < -0.3 is 9.47 Å². The second-order valence-electron chi connectivity index (χ2n) is 10.8. The van der Waals surface area contributed by atoms with Crippen LogP contribution >= 0.6 is 0 Å². The molecule has 0 aliphatic rings. The number of rotatable bonds is 31.